The molecule has 0 saturated carbocycles. The molecule has 0 saturated heterocycles. The summed E-state index contributed by atoms with van der Waals surface area (Å²) >= 11 is 1.66. The van der Waals surface area contributed by atoms with Gasteiger partial charge >= 0.3 is 5.69 Å². The van der Waals surface area contributed by atoms with Crippen molar-refractivity contribution in [3.63, 3.8) is 0 Å². The van der Waals surface area contributed by atoms with Crippen LogP contribution in [0.1, 0.15) is 23.1 Å². The summed E-state index contributed by atoms with van der Waals surface area (Å²) in [5.74, 6) is 1.58. The highest BCUT2D eigenvalue weighted by Crippen LogP contribution is 2.33. The average molecular weight is 409 g/mol. The highest BCUT2D eigenvalue weighted by Gasteiger charge is 2.18. The van der Waals surface area contributed by atoms with Crippen molar-refractivity contribution in [3.05, 3.63) is 57.2 Å². The molecule has 0 N–H and O–H groups in total. The van der Waals surface area contributed by atoms with E-state index in [9.17, 15) is 10.1 Å². The van der Waals surface area contributed by atoms with E-state index >= 15 is 0 Å². The lowest BCUT2D eigenvalue weighted by Crippen LogP contribution is -1.98. The van der Waals surface area contributed by atoms with Crippen LogP contribution >= 0.6 is 11.3 Å². The molecule has 5 aromatic rings. The predicted octanol–water partition coefficient (Wildman–Crippen LogP) is 3.62. The number of thiophene rings is 1. The van der Waals surface area contributed by atoms with Gasteiger partial charge in [-0.3, -0.25) is 14.8 Å². The molecule has 29 heavy (non-hydrogen) atoms. The topological polar surface area (TPSA) is 117 Å². The van der Waals surface area contributed by atoms with Crippen molar-refractivity contribution in [3.8, 4) is 11.6 Å². The quantitative estimate of drug-likeness (QED) is 0.321. The summed E-state index contributed by atoms with van der Waals surface area (Å²) in [5.41, 5.74) is 1.93. The van der Waals surface area contributed by atoms with Crippen molar-refractivity contribution in [2.45, 2.75) is 26.8 Å². The fraction of sp³-hybridized carbons (Fsp3) is 0.222. The summed E-state index contributed by atoms with van der Waals surface area (Å²) in [5, 5.41) is 20.3. The molecule has 0 atom stereocenters. The molecule has 0 bridgehead atoms. The van der Waals surface area contributed by atoms with Crippen LogP contribution < -0.4 is 0 Å². The third-order valence-corrected chi connectivity index (χ3v) is 5.77. The van der Waals surface area contributed by atoms with Crippen LogP contribution in [0.5, 0.6) is 0 Å². The summed E-state index contributed by atoms with van der Waals surface area (Å²) in [7, 11) is 0. The number of furan rings is 1. The first-order valence-corrected chi connectivity index (χ1v) is 9.74. The molecular weight excluding hydrogens is 394 g/mol. The van der Waals surface area contributed by atoms with Crippen LogP contribution in [0.15, 0.2) is 35.3 Å². The maximum absolute atomic E-state index is 10.8. The Bertz CT molecular complexity index is 1380. The molecule has 11 heteroatoms. The fourth-order valence-corrected chi connectivity index (χ4v) is 4.45. The molecule has 5 rings (SSSR count). The second-order valence-electron chi connectivity index (χ2n) is 6.54. The predicted molar refractivity (Wildman–Crippen MR) is 106 cm³/mol. The molecule has 0 fully saturated rings. The van der Waals surface area contributed by atoms with Crippen LogP contribution in [0, 0.1) is 17.0 Å². The lowest BCUT2D eigenvalue weighted by molar-refractivity contribution is -0.385. The van der Waals surface area contributed by atoms with E-state index in [2.05, 4.69) is 29.0 Å². The monoisotopic (exact) mass is 409 g/mol. The Morgan fingerprint density at radius 3 is 2.97 bits per heavy atom. The highest BCUT2D eigenvalue weighted by atomic mass is 32.1. The van der Waals surface area contributed by atoms with Gasteiger partial charge in [0.05, 0.1) is 16.9 Å². The van der Waals surface area contributed by atoms with E-state index in [0.717, 1.165) is 22.3 Å². The number of aryl methyl sites for hydroxylation is 2. The largest absolute Gasteiger partial charge is 0.456 e. The first-order chi connectivity index (χ1) is 14.0. The van der Waals surface area contributed by atoms with Gasteiger partial charge in [-0.25, -0.2) is 14.5 Å². The summed E-state index contributed by atoms with van der Waals surface area (Å²) in [6, 6.07) is 3.57. The minimum absolute atomic E-state index is 0.0619. The Morgan fingerprint density at radius 1 is 1.34 bits per heavy atom. The van der Waals surface area contributed by atoms with Gasteiger partial charge in [0.25, 0.3) is 0 Å². The molecule has 0 aromatic carbocycles. The summed E-state index contributed by atoms with van der Waals surface area (Å²) in [6.45, 7) is 4.49. The van der Waals surface area contributed by atoms with Gasteiger partial charge in [0, 0.05) is 4.88 Å². The van der Waals surface area contributed by atoms with Crippen LogP contribution in [0.25, 0.3) is 27.4 Å². The lowest BCUT2D eigenvalue weighted by atomic mass is 10.1. The van der Waals surface area contributed by atoms with Crippen LogP contribution in [0.4, 0.5) is 5.69 Å². The number of hydrogen-bond acceptors (Lipinski definition) is 8. The third kappa shape index (κ3) is 2.86. The van der Waals surface area contributed by atoms with Gasteiger partial charge in [-0.15, -0.1) is 16.4 Å². The van der Waals surface area contributed by atoms with E-state index < -0.39 is 4.92 Å². The first kappa shape index (κ1) is 17.5. The van der Waals surface area contributed by atoms with Gasteiger partial charge in [0.2, 0.25) is 5.82 Å². The molecular formula is C18H15N7O3S. The Morgan fingerprint density at radius 2 is 2.21 bits per heavy atom. The molecule has 0 radical (unpaired) electrons. The Hall–Kier alpha value is -3.60. The van der Waals surface area contributed by atoms with Gasteiger partial charge in [0.15, 0.2) is 11.4 Å². The maximum Gasteiger partial charge on any atom is 0.307 e. The van der Waals surface area contributed by atoms with Crippen molar-refractivity contribution in [1.29, 1.82) is 0 Å². The molecule has 146 valence electrons. The minimum atomic E-state index is -0.483. The standard InChI is InChI=1S/C18H15N7O3S/c1-3-13-10(2)29-18-15(13)17-21-16(22-24(17)9-19-18)14-5-4-12(28-14)8-23-7-11(6-20-23)25(26)27/h4-7,9H,3,8H2,1-2H3. The Balaban J connectivity index is 1.51. The second-order valence-corrected chi connectivity index (χ2v) is 7.74. The number of aromatic nitrogens is 6. The van der Waals surface area contributed by atoms with E-state index in [1.807, 2.05) is 0 Å². The lowest BCUT2D eigenvalue weighted by Gasteiger charge is -1.96. The van der Waals surface area contributed by atoms with Crippen molar-refractivity contribution >= 4 is 32.9 Å². The van der Waals surface area contributed by atoms with E-state index in [0.29, 0.717) is 17.3 Å². The van der Waals surface area contributed by atoms with Gasteiger partial charge in [-0.1, -0.05) is 6.92 Å². The molecule has 0 spiro atoms. The van der Waals surface area contributed by atoms with Gasteiger partial charge in [0.1, 0.15) is 29.3 Å². The maximum atomic E-state index is 10.8. The number of nitrogens with zero attached hydrogens (tertiary/aromatic N) is 7. The van der Waals surface area contributed by atoms with Crippen LogP contribution in [0.3, 0.4) is 0 Å². The molecule has 10 nitrogen and oxygen atoms in total. The van der Waals surface area contributed by atoms with E-state index in [1.54, 1.807) is 34.3 Å². The van der Waals surface area contributed by atoms with Crippen LogP contribution in [-0.2, 0) is 13.0 Å². The van der Waals surface area contributed by atoms with Crippen molar-refractivity contribution < 1.29 is 9.34 Å². The molecule has 0 aliphatic carbocycles. The summed E-state index contributed by atoms with van der Waals surface area (Å²) in [6.07, 6.45) is 5.13. The SMILES string of the molecule is CCc1c(C)sc2ncn3nc(-c4ccc(Cn5cc([N+](=O)[O-])cn5)o4)nc3c12. The summed E-state index contributed by atoms with van der Waals surface area (Å²) in [4.78, 5) is 21.7. The zero-order valence-corrected chi connectivity index (χ0v) is 16.4. The number of nitro groups is 1. The number of hydrogen-bond donors (Lipinski definition) is 0. The highest BCUT2D eigenvalue weighted by molar-refractivity contribution is 7.18. The average Bonchev–Trinajstić information content (AvgIpc) is 3.45. The van der Waals surface area contributed by atoms with Gasteiger partial charge in [-0.05, 0) is 31.0 Å². The van der Waals surface area contributed by atoms with Crippen molar-refractivity contribution in [2.24, 2.45) is 0 Å². The van der Waals surface area contributed by atoms with Crippen molar-refractivity contribution in [1.82, 2.24) is 29.4 Å². The van der Waals surface area contributed by atoms with E-state index in [1.165, 1.54) is 27.5 Å². The molecule has 0 amide bonds. The molecule has 5 aromatic heterocycles. The van der Waals surface area contributed by atoms with Crippen LogP contribution in [0.2, 0.25) is 0 Å². The van der Waals surface area contributed by atoms with Crippen LogP contribution in [-0.4, -0.2) is 34.3 Å². The van der Waals surface area contributed by atoms with Crippen molar-refractivity contribution in [2.75, 3.05) is 0 Å². The second kappa shape index (κ2) is 6.48. The van der Waals surface area contributed by atoms with Gasteiger partial charge in [-0.2, -0.15) is 5.10 Å². The normalized spacial score (nSPS) is 11.7. The Kier molecular flexibility index (Phi) is 3.91. The molecule has 0 unspecified atom stereocenters. The van der Waals surface area contributed by atoms with Gasteiger partial charge < -0.3 is 4.42 Å². The smallest absolute Gasteiger partial charge is 0.307 e. The molecule has 5 heterocycles. The zero-order chi connectivity index (χ0) is 20.1. The van der Waals surface area contributed by atoms with E-state index in [-0.39, 0.29) is 12.2 Å². The van der Waals surface area contributed by atoms with E-state index in [4.69, 9.17) is 9.40 Å². The Labute approximate surface area is 167 Å². The first-order valence-electron chi connectivity index (χ1n) is 8.92. The minimum Gasteiger partial charge on any atom is -0.456 e. The fourth-order valence-electron chi connectivity index (χ4n) is 3.37. The zero-order valence-electron chi connectivity index (χ0n) is 15.6. The number of rotatable bonds is 5. The summed E-state index contributed by atoms with van der Waals surface area (Å²) < 4.78 is 8.98. The molecule has 0 aliphatic heterocycles. The third-order valence-electron chi connectivity index (χ3n) is 4.71. The number of fused-ring (bicyclic) bond motifs is 3. The molecule has 0 aliphatic rings.